The molecule has 0 aliphatic heterocycles. The van der Waals surface area contributed by atoms with Gasteiger partial charge in [-0.3, -0.25) is 4.79 Å². The zero-order valence-corrected chi connectivity index (χ0v) is 9.22. The Hall–Kier alpha value is -0.870. The summed E-state index contributed by atoms with van der Waals surface area (Å²) in [5.74, 6) is -0.00794. The highest BCUT2D eigenvalue weighted by molar-refractivity contribution is 5.81. The third kappa shape index (κ3) is 6.62. The fourth-order valence-electron chi connectivity index (χ4n) is 0.777. The minimum atomic E-state index is -0.156. The van der Waals surface area contributed by atoms with E-state index in [0.29, 0.717) is 19.8 Å². The molecule has 82 valence electrons. The van der Waals surface area contributed by atoms with E-state index in [4.69, 9.17) is 4.74 Å². The molecule has 4 heteroatoms. The summed E-state index contributed by atoms with van der Waals surface area (Å²) in [7, 11) is 1.75. The Morgan fingerprint density at radius 3 is 2.71 bits per heavy atom. The van der Waals surface area contributed by atoms with E-state index in [1.54, 1.807) is 7.05 Å². The Kier molecular flexibility index (Phi) is 7.06. The van der Waals surface area contributed by atoms with Gasteiger partial charge in [0.25, 0.3) is 0 Å². The van der Waals surface area contributed by atoms with Crippen molar-refractivity contribution in [1.82, 2.24) is 10.6 Å². The van der Waals surface area contributed by atoms with E-state index >= 15 is 0 Å². The lowest BCUT2D eigenvalue weighted by atomic mass is 10.3. The normalized spacial score (nSPS) is 12.2. The maximum atomic E-state index is 11.2. The lowest BCUT2D eigenvalue weighted by Crippen LogP contribution is -2.41. The number of carbonyl (C=O) groups is 1. The van der Waals surface area contributed by atoms with Crippen molar-refractivity contribution in [1.29, 1.82) is 0 Å². The van der Waals surface area contributed by atoms with Crippen molar-refractivity contribution in [2.45, 2.75) is 19.9 Å². The van der Waals surface area contributed by atoms with Crippen LogP contribution in [0.25, 0.3) is 0 Å². The van der Waals surface area contributed by atoms with Crippen LogP contribution in [0, 0.1) is 0 Å². The van der Waals surface area contributed by atoms with Gasteiger partial charge in [0.15, 0.2) is 0 Å². The lowest BCUT2D eigenvalue weighted by Gasteiger charge is -2.10. The number of ether oxygens (including phenoxy) is 1. The molecule has 4 nitrogen and oxygen atoms in total. The largest absolute Gasteiger partial charge is 0.375 e. The second-order valence-electron chi connectivity index (χ2n) is 3.31. The number of rotatable bonds is 7. The van der Waals surface area contributed by atoms with Crippen molar-refractivity contribution in [2.24, 2.45) is 0 Å². The van der Waals surface area contributed by atoms with Crippen LogP contribution in [0.2, 0.25) is 0 Å². The van der Waals surface area contributed by atoms with E-state index in [2.05, 4.69) is 17.2 Å². The minimum Gasteiger partial charge on any atom is -0.375 e. The topological polar surface area (TPSA) is 50.4 Å². The molecule has 0 bridgehead atoms. The van der Waals surface area contributed by atoms with Gasteiger partial charge in [-0.15, -0.1) is 0 Å². The first-order valence-electron chi connectivity index (χ1n) is 4.75. The Morgan fingerprint density at radius 2 is 2.21 bits per heavy atom. The van der Waals surface area contributed by atoms with Crippen molar-refractivity contribution in [2.75, 3.05) is 26.8 Å². The van der Waals surface area contributed by atoms with Crippen LogP contribution in [0.5, 0.6) is 0 Å². The van der Waals surface area contributed by atoms with Crippen LogP contribution in [-0.2, 0) is 9.53 Å². The summed E-state index contributed by atoms with van der Waals surface area (Å²) < 4.78 is 5.22. The quantitative estimate of drug-likeness (QED) is 0.459. The van der Waals surface area contributed by atoms with E-state index in [-0.39, 0.29) is 11.9 Å². The SMILES string of the molecule is C=C(C)COCCNC(=O)C(C)NC. The molecule has 0 fully saturated rings. The van der Waals surface area contributed by atoms with Crippen molar-refractivity contribution in [3.63, 3.8) is 0 Å². The van der Waals surface area contributed by atoms with Crippen LogP contribution < -0.4 is 10.6 Å². The Labute approximate surface area is 85.7 Å². The zero-order valence-electron chi connectivity index (χ0n) is 9.22. The van der Waals surface area contributed by atoms with Crippen molar-refractivity contribution in [3.8, 4) is 0 Å². The maximum Gasteiger partial charge on any atom is 0.236 e. The van der Waals surface area contributed by atoms with Crippen LogP contribution in [-0.4, -0.2) is 38.8 Å². The van der Waals surface area contributed by atoms with Crippen molar-refractivity contribution < 1.29 is 9.53 Å². The van der Waals surface area contributed by atoms with Crippen molar-refractivity contribution >= 4 is 5.91 Å². The molecule has 0 aromatic rings. The minimum absolute atomic E-state index is 0.00794. The standard InChI is InChI=1S/C10H20N2O2/c1-8(2)7-14-6-5-12-10(13)9(3)11-4/h9,11H,1,5-7H2,2-4H3,(H,12,13). The molecule has 1 atom stereocenters. The molecule has 0 spiro atoms. The van der Waals surface area contributed by atoms with Crippen LogP contribution in [0.15, 0.2) is 12.2 Å². The highest BCUT2D eigenvalue weighted by atomic mass is 16.5. The molecule has 1 amide bonds. The number of amides is 1. The van der Waals surface area contributed by atoms with Gasteiger partial charge in [0.2, 0.25) is 5.91 Å². The molecule has 0 rings (SSSR count). The first-order valence-corrected chi connectivity index (χ1v) is 4.75. The molecule has 0 aliphatic rings. The summed E-state index contributed by atoms with van der Waals surface area (Å²) in [5, 5.41) is 5.61. The fraction of sp³-hybridized carbons (Fsp3) is 0.700. The number of hydrogen-bond acceptors (Lipinski definition) is 3. The summed E-state index contributed by atoms with van der Waals surface area (Å²) >= 11 is 0. The molecule has 1 unspecified atom stereocenters. The molecule has 0 aromatic carbocycles. The lowest BCUT2D eigenvalue weighted by molar-refractivity contribution is -0.122. The van der Waals surface area contributed by atoms with Gasteiger partial charge < -0.3 is 15.4 Å². The van der Waals surface area contributed by atoms with Gasteiger partial charge in [-0.1, -0.05) is 12.2 Å². The molecule has 0 aliphatic carbocycles. The van der Waals surface area contributed by atoms with E-state index in [9.17, 15) is 4.79 Å². The monoisotopic (exact) mass is 200 g/mol. The van der Waals surface area contributed by atoms with E-state index in [0.717, 1.165) is 5.57 Å². The average Bonchev–Trinajstić information content (AvgIpc) is 2.15. The third-order valence-corrected chi connectivity index (χ3v) is 1.72. The van der Waals surface area contributed by atoms with E-state index in [1.807, 2.05) is 13.8 Å². The number of likely N-dealkylation sites (N-methyl/N-ethyl adjacent to an activating group) is 1. The highest BCUT2D eigenvalue weighted by Crippen LogP contribution is 1.87. The summed E-state index contributed by atoms with van der Waals surface area (Å²) in [6.07, 6.45) is 0. The summed E-state index contributed by atoms with van der Waals surface area (Å²) in [6, 6.07) is -0.156. The predicted octanol–water partition coefficient (Wildman–Crippen LogP) is 0.303. The van der Waals surface area contributed by atoms with Gasteiger partial charge in [-0.2, -0.15) is 0 Å². The second-order valence-corrected chi connectivity index (χ2v) is 3.31. The number of carbonyl (C=O) groups excluding carboxylic acids is 1. The van der Waals surface area contributed by atoms with Gasteiger partial charge in [-0.25, -0.2) is 0 Å². The van der Waals surface area contributed by atoms with Gasteiger partial charge in [-0.05, 0) is 20.9 Å². The smallest absolute Gasteiger partial charge is 0.236 e. The second kappa shape index (κ2) is 7.53. The molecule has 2 N–H and O–H groups in total. The van der Waals surface area contributed by atoms with Crippen LogP contribution in [0.3, 0.4) is 0 Å². The first-order chi connectivity index (χ1) is 6.57. The molecule has 14 heavy (non-hydrogen) atoms. The van der Waals surface area contributed by atoms with E-state index < -0.39 is 0 Å². The third-order valence-electron chi connectivity index (χ3n) is 1.72. The summed E-state index contributed by atoms with van der Waals surface area (Å²) in [4.78, 5) is 11.2. The highest BCUT2D eigenvalue weighted by Gasteiger charge is 2.07. The number of nitrogens with one attached hydrogen (secondary N) is 2. The summed E-state index contributed by atoms with van der Waals surface area (Å²) in [6.45, 7) is 9.04. The molecular formula is C10H20N2O2. The average molecular weight is 200 g/mol. The molecule has 0 radical (unpaired) electrons. The van der Waals surface area contributed by atoms with E-state index in [1.165, 1.54) is 0 Å². The van der Waals surface area contributed by atoms with Crippen LogP contribution in [0.1, 0.15) is 13.8 Å². The molecular weight excluding hydrogens is 180 g/mol. The Balaban J connectivity index is 3.36. The zero-order chi connectivity index (χ0) is 11.0. The first kappa shape index (κ1) is 13.1. The maximum absolute atomic E-state index is 11.2. The van der Waals surface area contributed by atoms with Crippen LogP contribution in [0.4, 0.5) is 0 Å². The molecule has 0 saturated carbocycles. The molecule has 0 heterocycles. The molecule has 0 saturated heterocycles. The van der Waals surface area contributed by atoms with Gasteiger partial charge in [0.05, 0.1) is 19.3 Å². The Morgan fingerprint density at radius 1 is 1.57 bits per heavy atom. The molecule has 0 aromatic heterocycles. The summed E-state index contributed by atoms with van der Waals surface area (Å²) in [5.41, 5.74) is 0.986. The predicted molar refractivity (Wildman–Crippen MR) is 57.2 cm³/mol. The van der Waals surface area contributed by atoms with Crippen LogP contribution >= 0.6 is 0 Å². The van der Waals surface area contributed by atoms with Crippen molar-refractivity contribution in [3.05, 3.63) is 12.2 Å². The van der Waals surface area contributed by atoms with Gasteiger partial charge in [0.1, 0.15) is 0 Å². The number of hydrogen-bond donors (Lipinski definition) is 2. The van der Waals surface area contributed by atoms with Gasteiger partial charge >= 0.3 is 0 Å². The van der Waals surface area contributed by atoms with Gasteiger partial charge in [0, 0.05) is 6.54 Å². The fourth-order valence-corrected chi connectivity index (χ4v) is 0.777. The Bertz CT molecular complexity index is 193.